The minimum Gasteiger partial charge on any atom is -0.450 e. The summed E-state index contributed by atoms with van der Waals surface area (Å²) < 4.78 is 6.59. The third kappa shape index (κ3) is 5.66. The van der Waals surface area contributed by atoms with Crippen LogP contribution in [0.4, 0.5) is 16.2 Å². The Labute approximate surface area is 216 Å². The molecule has 3 aromatic rings. The van der Waals surface area contributed by atoms with Gasteiger partial charge in [0.15, 0.2) is 0 Å². The Morgan fingerprint density at radius 3 is 2.26 bits per heavy atom. The number of benzene rings is 3. The molecule has 0 bridgehead atoms. The highest BCUT2D eigenvalue weighted by atomic mass is 127. The molecule has 0 atom stereocenters. The van der Waals surface area contributed by atoms with E-state index >= 15 is 0 Å². The van der Waals surface area contributed by atoms with E-state index in [1.54, 1.807) is 18.2 Å². The predicted molar refractivity (Wildman–Crippen MR) is 137 cm³/mol. The summed E-state index contributed by atoms with van der Waals surface area (Å²) in [6.45, 7) is 0.180. The average Bonchev–Trinajstić information content (AvgIpc) is 3.09. The first kappa shape index (κ1) is 24.3. The lowest BCUT2D eigenvalue weighted by molar-refractivity contribution is -0.394. The van der Waals surface area contributed by atoms with E-state index in [-0.39, 0.29) is 34.1 Å². The van der Waals surface area contributed by atoms with Crippen LogP contribution in [0.15, 0.2) is 71.6 Å². The fourth-order valence-electron chi connectivity index (χ4n) is 3.17. The van der Waals surface area contributed by atoms with E-state index in [1.165, 1.54) is 17.0 Å². The molecule has 0 aliphatic carbocycles. The summed E-state index contributed by atoms with van der Waals surface area (Å²) in [6, 6.07) is 17.0. The van der Waals surface area contributed by atoms with E-state index in [0.717, 1.165) is 39.1 Å². The first-order valence-corrected chi connectivity index (χ1v) is 11.8. The third-order valence-corrected chi connectivity index (χ3v) is 6.51. The molecule has 0 aromatic heterocycles. The summed E-state index contributed by atoms with van der Waals surface area (Å²) in [5.41, 5.74) is 0.506. The largest absolute Gasteiger partial charge is 0.450 e. The van der Waals surface area contributed by atoms with Crippen LogP contribution in [-0.4, -0.2) is 25.9 Å². The van der Waals surface area contributed by atoms with Crippen molar-refractivity contribution in [1.29, 1.82) is 0 Å². The summed E-state index contributed by atoms with van der Waals surface area (Å²) in [5.74, 6) is -0.281. The van der Waals surface area contributed by atoms with Gasteiger partial charge in [0.05, 0.1) is 27.4 Å². The highest BCUT2D eigenvalue weighted by Crippen LogP contribution is 2.36. The molecule has 12 heteroatoms. The van der Waals surface area contributed by atoms with Crippen molar-refractivity contribution >= 4 is 62.9 Å². The van der Waals surface area contributed by atoms with Crippen LogP contribution in [0.2, 0.25) is 0 Å². The molecule has 3 aromatic carbocycles. The van der Waals surface area contributed by atoms with Gasteiger partial charge in [0.2, 0.25) is 5.75 Å². The normalized spacial score (nSPS) is 14.4. The summed E-state index contributed by atoms with van der Waals surface area (Å²) in [4.78, 5) is 47.3. The van der Waals surface area contributed by atoms with E-state index in [9.17, 15) is 29.8 Å². The monoisotopic (exact) mass is 603 g/mol. The van der Waals surface area contributed by atoms with Gasteiger partial charge < -0.3 is 4.74 Å². The molecular weight excluding hydrogens is 589 g/mol. The zero-order valence-corrected chi connectivity index (χ0v) is 20.6. The second-order valence-corrected chi connectivity index (χ2v) is 9.47. The zero-order chi connectivity index (χ0) is 25.1. The van der Waals surface area contributed by atoms with Crippen LogP contribution in [0, 0.1) is 23.8 Å². The van der Waals surface area contributed by atoms with Gasteiger partial charge in [0.25, 0.3) is 16.8 Å². The minimum absolute atomic E-state index is 0.148. The minimum atomic E-state index is -0.761. The number of non-ortho nitro benzene ring substituents is 1. The van der Waals surface area contributed by atoms with Crippen LogP contribution >= 0.6 is 34.4 Å². The summed E-state index contributed by atoms with van der Waals surface area (Å²) in [5, 5.41) is 21.8. The number of thioether (sulfide) groups is 1. The van der Waals surface area contributed by atoms with Crippen molar-refractivity contribution in [2.75, 3.05) is 0 Å². The van der Waals surface area contributed by atoms with Gasteiger partial charge in [-0.1, -0.05) is 24.3 Å². The number of carbonyl (C=O) groups excluding carboxylic acids is 2. The lowest BCUT2D eigenvalue weighted by Crippen LogP contribution is -2.27. The van der Waals surface area contributed by atoms with Gasteiger partial charge in [-0.3, -0.25) is 34.7 Å². The van der Waals surface area contributed by atoms with Gasteiger partial charge in [0.1, 0.15) is 5.75 Å². The number of rotatable bonds is 7. The number of ether oxygens (including phenoxy) is 1. The Morgan fingerprint density at radius 1 is 0.943 bits per heavy atom. The number of nitrogens with zero attached hydrogens (tertiary/aromatic N) is 3. The van der Waals surface area contributed by atoms with E-state index in [2.05, 4.69) is 22.6 Å². The molecule has 35 heavy (non-hydrogen) atoms. The first-order chi connectivity index (χ1) is 16.7. The van der Waals surface area contributed by atoms with Crippen molar-refractivity contribution in [3.8, 4) is 11.5 Å². The second-order valence-electron chi connectivity index (χ2n) is 7.23. The fraction of sp³-hybridized carbons (Fsp3) is 0.0435. The maximum Gasteiger partial charge on any atom is 0.318 e. The number of hydrogen-bond donors (Lipinski definition) is 0. The molecule has 1 saturated heterocycles. The number of imide groups is 1. The quantitative estimate of drug-likeness (QED) is 0.136. The van der Waals surface area contributed by atoms with Crippen LogP contribution in [-0.2, 0) is 11.3 Å². The molecule has 0 radical (unpaired) electrons. The highest BCUT2D eigenvalue weighted by molar-refractivity contribution is 14.1. The van der Waals surface area contributed by atoms with Gasteiger partial charge >= 0.3 is 5.69 Å². The number of hydrogen-bond acceptors (Lipinski definition) is 8. The van der Waals surface area contributed by atoms with Crippen molar-refractivity contribution in [3.05, 3.63) is 107 Å². The Kier molecular flexibility index (Phi) is 7.12. The molecule has 1 heterocycles. The Balaban J connectivity index is 1.48. The lowest BCUT2D eigenvalue weighted by atomic mass is 10.2. The van der Waals surface area contributed by atoms with E-state index in [4.69, 9.17) is 4.74 Å². The van der Waals surface area contributed by atoms with E-state index in [1.807, 2.05) is 24.3 Å². The van der Waals surface area contributed by atoms with E-state index in [0.29, 0.717) is 5.56 Å². The topological polar surface area (TPSA) is 133 Å². The van der Waals surface area contributed by atoms with Gasteiger partial charge in [-0.15, -0.1) is 0 Å². The molecule has 0 spiro atoms. The van der Waals surface area contributed by atoms with Gasteiger partial charge in [-0.25, -0.2) is 0 Å². The molecule has 2 amide bonds. The van der Waals surface area contributed by atoms with Crippen LogP contribution in [0.1, 0.15) is 11.1 Å². The van der Waals surface area contributed by atoms with Crippen molar-refractivity contribution in [3.63, 3.8) is 0 Å². The number of halogens is 1. The lowest BCUT2D eigenvalue weighted by Gasteiger charge is -2.12. The van der Waals surface area contributed by atoms with Crippen molar-refractivity contribution in [1.82, 2.24) is 4.90 Å². The van der Waals surface area contributed by atoms with Crippen LogP contribution in [0.25, 0.3) is 6.08 Å². The Morgan fingerprint density at radius 2 is 1.63 bits per heavy atom. The molecule has 10 nitrogen and oxygen atoms in total. The molecular formula is C23H14IN3O7S. The molecule has 1 aliphatic rings. The number of amides is 2. The fourth-order valence-corrected chi connectivity index (χ4v) is 4.37. The van der Waals surface area contributed by atoms with Crippen molar-refractivity contribution < 1.29 is 24.2 Å². The van der Waals surface area contributed by atoms with E-state index < -0.39 is 21.2 Å². The molecule has 4 rings (SSSR count). The van der Waals surface area contributed by atoms with Gasteiger partial charge in [-0.2, -0.15) is 0 Å². The molecule has 1 fully saturated rings. The highest BCUT2D eigenvalue weighted by Gasteiger charge is 2.35. The molecule has 176 valence electrons. The Hall–Kier alpha value is -3.78. The number of nitro groups is 2. The zero-order valence-electron chi connectivity index (χ0n) is 17.6. The molecule has 0 unspecified atom stereocenters. The van der Waals surface area contributed by atoms with Gasteiger partial charge in [0, 0.05) is 9.64 Å². The molecule has 0 N–H and O–H groups in total. The number of carbonyl (C=O) groups is 2. The van der Waals surface area contributed by atoms with Crippen LogP contribution in [0.3, 0.4) is 0 Å². The Bertz CT molecular complexity index is 1370. The molecule has 0 saturated carbocycles. The summed E-state index contributed by atoms with van der Waals surface area (Å²) in [6.07, 6.45) is 1.58. The number of nitro benzene ring substituents is 2. The first-order valence-electron chi connectivity index (χ1n) is 9.92. The maximum absolute atomic E-state index is 12.8. The van der Waals surface area contributed by atoms with Crippen LogP contribution < -0.4 is 4.74 Å². The third-order valence-electron chi connectivity index (χ3n) is 4.88. The smallest absolute Gasteiger partial charge is 0.318 e. The van der Waals surface area contributed by atoms with Crippen molar-refractivity contribution in [2.24, 2.45) is 0 Å². The summed E-state index contributed by atoms with van der Waals surface area (Å²) >= 11 is 3.03. The van der Waals surface area contributed by atoms with Crippen molar-refractivity contribution in [2.45, 2.75) is 6.54 Å². The second kappa shape index (κ2) is 10.2. The van der Waals surface area contributed by atoms with Crippen LogP contribution in [0.5, 0.6) is 11.5 Å². The molecule has 1 aliphatic heterocycles. The summed E-state index contributed by atoms with van der Waals surface area (Å²) in [7, 11) is 0. The average molecular weight is 603 g/mol. The van der Waals surface area contributed by atoms with Gasteiger partial charge in [-0.05, 0) is 81.9 Å². The maximum atomic E-state index is 12.8. The standard InChI is InChI=1S/C23H14IN3O7S/c24-16-5-1-15(2-6-16)13-25-22(28)21(35-23(25)29)11-14-3-8-18(9-4-14)34-20-10-7-17(26(30)31)12-19(20)27(32)33/h1-12H,13H2/b21-11-. The predicted octanol–water partition coefficient (Wildman–Crippen LogP) is 6.14. The SMILES string of the molecule is O=C1S/C(=C\c2ccc(Oc3ccc([N+](=O)[O-])cc3[N+](=O)[O-])cc2)C(=O)N1Cc1ccc(I)cc1.